The van der Waals surface area contributed by atoms with Crippen LogP contribution in [0.1, 0.15) is 18.7 Å². The second kappa shape index (κ2) is 5.88. The molecule has 0 atom stereocenters. The molecule has 1 heterocycles. The van der Waals surface area contributed by atoms with Crippen LogP contribution in [0.5, 0.6) is 0 Å². The van der Waals surface area contributed by atoms with Crippen LogP contribution in [0.25, 0.3) is 0 Å². The van der Waals surface area contributed by atoms with E-state index in [9.17, 15) is 4.79 Å². The lowest BCUT2D eigenvalue weighted by Crippen LogP contribution is -2.23. The molecule has 0 spiro atoms. The zero-order chi connectivity index (χ0) is 11.3. The first-order valence-corrected chi connectivity index (χ1v) is 5.26. The highest BCUT2D eigenvalue weighted by Crippen LogP contribution is 2.02. The molecule has 1 aromatic rings. The maximum atomic E-state index is 11.5. The SMILES string of the molecule is COCCCCn1c(C)nc(Cl)cc1=O. The Balaban J connectivity index is 2.65. The molecule has 0 aliphatic heterocycles. The van der Waals surface area contributed by atoms with E-state index in [-0.39, 0.29) is 10.7 Å². The molecule has 0 unspecified atom stereocenters. The van der Waals surface area contributed by atoms with Gasteiger partial charge in [0.1, 0.15) is 11.0 Å². The number of methoxy groups -OCH3 is 1. The van der Waals surface area contributed by atoms with Gasteiger partial charge in [-0.3, -0.25) is 9.36 Å². The molecule has 5 heteroatoms. The van der Waals surface area contributed by atoms with Crippen molar-refractivity contribution in [3.05, 3.63) is 27.4 Å². The van der Waals surface area contributed by atoms with Crippen LogP contribution >= 0.6 is 11.6 Å². The topological polar surface area (TPSA) is 44.1 Å². The Hall–Kier alpha value is -0.870. The van der Waals surface area contributed by atoms with Crippen molar-refractivity contribution >= 4 is 11.6 Å². The van der Waals surface area contributed by atoms with Gasteiger partial charge in [-0.15, -0.1) is 0 Å². The molecule has 0 saturated heterocycles. The van der Waals surface area contributed by atoms with E-state index in [2.05, 4.69) is 4.98 Å². The van der Waals surface area contributed by atoms with Crippen molar-refractivity contribution in [3.8, 4) is 0 Å². The van der Waals surface area contributed by atoms with E-state index >= 15 is 0 Å². The molecule has 0 amide bonds. The van der Waals surface area contributed by atoms with E-state index < -0.39 is 0 Å². The second-order valence-corrected chi connectivity index (χ2v) is 3.70. The summed E-state index contributed by atoms with van der Waals surface area (Å²) >= 11 is 5.66. The summed E-state index contributed by atoms with van der Waals surface area (Å²) in [5, 5.41) is 0.255. The first kappa shape index (κ1) is 12.2. The van der Waals surface area contributed by atoms with Crippen LogP contribution in [-0.4, -0.2) is 23.3 Å². The highest BCUT2D eigenvalue weighted by molar-refractivity contribution is 6.29. The minimum atomic E-state index is -0.0927. The Morgan fingerprint density at radius 1 is 1.53 bits per heavy atom. The summed E-state index contributed by atoms with van der Waals surface area (Å²) in [7, 11) is 1.67. The lowest BCUT2D eigenvalue weighted by atomic mass is 10.3. The minimum Gasteiger partial charge on any atom is -0.385 e. The van der Waals surface area contributed by atoms with Crippen LogP contribution < -0.4 is 5.56 Å². The van der Waals surface area contributed by atoms with E-state index in [0.29, 0.717) is 12.4 Å². The summed E-state index contributed by atoms with van der Waals surface area (Å²) in [6.45, 7) is 3.16. The first-order chi connectivity index (χ1) is 7.15. The number of aryl methyl sites for hydroxylation is 1. The van der Waals surface area contributed by atoms with Gasteiger partial charge in [0.25, 0.3) is 5.56 Å². The maximum Gasteiger partial charge on any atom is 0.254 e. The number of hydrogen-bond acceptors (Lipinski definition) is 3. The van der Waals surface area contributed by atoms with Crippen LogP contribution in [0.3, 0.4) is 0 Å². The van der Waals surface area contributed by atoms with E-state index in [1.807, 2.05) is 0 Å². The summed E-state index contributed by atoms with van der Waals surface area (Å²) < 4.78 is 6.56. The number of halogens is 1. The average molecular weight is 231 g/mol. The highest BCUT2D eigenvalue weighted by atomic mass is 35.5. The summed E-state index contributed by atoms with van der Waals surface area (Å²) in [5.74, 6) is 0.657. The third kappa shape index (κ3) is 3.64. The minimum absolute atomic E-state index is 0.0927. The Morgan fingerprint density at radius 3 is 2.87 bits per heavy atom. The second-order valence-electron chi connectivity index (χ2n) is 3.32. The van der Waals surface area contributed by atoms with Crippen molar-refractivity contribution < 1.29 is 4.74 Å². The Labute approximate surface area is 93.8 Å². The Morgan fingerprint density at radius 2 is 2.27 bits per heavy atom. The standard InChI is InChI=1S/C10H15ClN2O2/c1-8-12-9(11)7-10(14)13(8)5-3-4-6-15-2/h7H,3-6H2,1-2H3. The summed E-state index contributed by atoms with van der Waals surface area (Å²) in [6, 6.07) is 1.34. The predicted molar refractivity (Wildman–Crippen MR) is 59.4 cm³/mol. The lowest BCUT2D eigenvalue weighted by Gasteiger charge is -2.08. The van der Waals surface area contributed by atoms with Gasteiger partial charge < -0.3 is 4.74 Å². The number of rotatable bonds is 5. The van der Waals surface area contributed by atoms with Crippen molar-refractivity contribution in [2.45, 2.75) is 26.3 Å². The number of aromatic nitrogens is 2. The van der Waals surface area contributed by atoms with Crippen molar-refractivity contribution in [1.29, 1.82) is 0 Å². The molecule has 1 rings (SSSR count). The monoisotopic (exact) mass is 230 g/mol. The van der Waals surface area contributed by atoms with Crippen molar-refractivity contribution in [2.75, 3.05) is 13.7 Å². The van der Waals surface area contributed by atoms with Gasteiger partial charge in [-0.2, -0.15) is 0 Å². The van der Waals surface area contributed by atoms with E-state index in [1.165, 1.54) is 6.07 Å². The van der Waals surface area contributed by atoms with E-state index in [1.54, 1.807) is 18.6 Å². The fourth-order valence-corrected chi connectivity index (χ4v) is 1.59. The lowest BCUT2D eigenvalue weighted by molar-refractivity contribution is 0.191. The zero-order valence-corrected chi connectivity index (χ0v) is 9.75. The van der Waals surface area contributed by atoms with Crippen LogP contribution in [0.4, 0.5) is 0 Å². The predicted octanol–water partition coefficient (Wildman–Crippen LogP) is 1.63. The van der Waals surface area contributed by atoms with Gasteiger partial charge in [-0.1, -0.05) is 11.6 Å². The molecule has 0 N–H and O–H groups in total. The quantitative estimate of drug-likeness (QED) is 0.571. The molecule has 15 heavy (non-hydrogen) atoms. The van der Waals surface area contributed by atoms with Crippen molar-refractivity contribution in [1.82, 2.24) is 9.55 Å². The van der Waals surface area contributed by atoms with Gasteiger partial charge in [0.2, 0.25) is 0 Å². The fraction of sp³-hybridized carbons (Fsp3) is 0.600. The van der Waals surface area contributed by atoms with Gasteiger partial charge >= 0.3 is 0 Å². The normalized spacial score (nSPS) is 10.6. The molecule has 0 bridgehead atoms. The van der Waals surface area contributed by atoms with Gasteiger partial charge in [-0.05, 0) is 19.8 Å². The van der Waals surface area contributed by atoms with Crippen LogP contribution in [0, 0.1) is 6.92 Å². The largest absolute Gasteiger partial charge is 0.385 e. The molecule has 0 aliphatic rings. The molecule has 0 saturated carbocycles. The maximum absolute atomic E-state index is 11.5. The van der Waals surface area contributed by atoms with Gasteiger partial charge in [-0.25, -0.2) is 4.98 Å². The first-order valence-electron chi connectivity index (χ1n) is 4.88. The van der Waals surface area contributed by atoms with Gasteiger partial charge in [0.05, 0.1) is 0 Å². The molecular weight excluding hydrogens is 216 g/mol. The number of ether oxygens (including phenoxy) is 1. The number of nitrogens with zero attached hydrogens (tertiary/aromatic N) is 2. The van der Waals surface area contributed by atoms with Gasteiger partial charge in [0.15, 0.2) is 0 Å². The number of hydrogen-bond donors (Lipinski definition) is 0. The fourth-order valence-electron chi connectivity index (χ4n) is 1.37. The zero-order valence-electron chi connectivity index (χ0n) is 8.99. The van der Waals surface area contributed by atoms with Crippen LogP contribution in [0.2, 0.25) is 5.15 Å². The molecule has 4 nitrogen and oxygen atoms in total. The van der Waals surface area contributed by atoms with Crippen molar-refractivity contribution in [2.24, 2.45) is 0 Å². The van der Waals surface area contributed by atoms with Crippen LogP contribution in [-0.2, 0) is 11.3 Å². The smallest absolute Gasteiger partial charge is 0.254 e. The molecule has 0 aromatic carbocycles. The summed E-state index contributed by atoms with van der Waals surface area (Å²) in [5.41, 5.74) is -0.0927. The number of unbranched alkanes of at least 4 members (excludes halogenated alkanes) is 1. The van der Waals surface area contributed by atoms with Crippen molar-refractivity contribution in [3.63, 3.8) is 0 Å². The highest BCUT2D eigenvalue weighted by Gasteiger charge is 2.02. The summed E-state index contributed by atoms with van der Waals surface area (Å²) in [6.07, 6.45) is 1.84. The molecule has 0 radical (unpaired) electrons. The van der Waals surface area contributed by atoms with Crippen LogP contribution in [0.15, 0.2) is 10.9 Å². The average Bonchev–Trinajstić information content (AvgIpc) is 2.15. The molecule has 0 fully saturated rings. The summed E-state index contributed by atoms with van der Waals surface area (Å²) in [4.78, 5) is 15.6. The third-order valence-electron chi connectivity index (χ3n) is 2.15. The Bertz CT molecular complexity index is 376. The molecule has 1 aromatic heterocycles. The van der Waals surface area contributed by atoms with E-state index in [4.69, 9.17) is 16.3 Å². The molecule has 0 aliphatic carbocycles. The Kier molecular flexibility index (Phi) is 4.78. The third-order valence-corrected chi connectivity index (χ3v) is 2.34. The molecular formula is C10H15ClN2O2. The molecule has 84 valence electrons. The van der Waals surface area contributed by atoms with Gasteiger partial charge in [0, 0.05) is 26.3 Å². The van der Waals surface area contributed by atoms with E-state index in [0.717, 1.165) is 19.4 Å².